The third-order valence-electron chi connectivity index (χ3n) is 6.99. The first kappa shape index (κ1) is 25.0. The van der Waals surface area contributed by atoms with Gasteiger partial charge in [0.15, 0.2) is 11.6 Å². The maximum atomic E-state index is 12.8. The van der Waals surface area contributed by atoms with E-state index in [1.54, 1.807) is 28.7 Å². The summed E-state index contributed by atoms with van der Waals surface area (Å²) >= 11 is 9.27. The second-order valence-corrected chi connectivity index (χ2v) is 12.5. The molecule has 3 aromatic heterocycles. The van der Waals surface area contributed by atoms with E-state index in [0.717, 1.165) is 33.9 Å². The van der Waals surface area contributed by atoms with Gasteiger partial charge in [0, 0.05) is 31.5 Å². The Labute approximate surface area is 213 Å². The molecule has 0 bridgehead atoms. The third-order valence-corrected chi connectivity index (χ3v) is 9.73. The van der Waals surface area contributed by atoms with E-state index in [1.807, 2.05) is 39.0 Å². The predicted octanol–water partition coefficient (Wildman–Crippen LogP) is 6.83. The van der Waals surface area contributed by atoms with Crippen LogP contribution in [0.1, 0.15) is 75.1 Å². The SMILES string of the molecule is Cc1ccc(C2(C)CCC(=O)CC2=O)s1.Cc1ccc(C2(C)CCc3nc(Cl)ccc3C2=O)s1. The first-order chi connectivity index (χ1) is 16.0. The predicted molar refractivity (Wildman–Crippen MR) is 139 cm³/mol. The van der Waals surface area contributed by atoms with Crippen LogP contribution in [0.2, 0.25) is 5.15 Å². The van der Waals surface area contributed by atoms with Crippen LogP contribution in [0, 0.1) is 13.8 Å². The van der Waals surface area contributed by atoms with E-state index in [9.17, 15) is 14.4 Å². The highest BCUT2D eigenvalue weighted by Crippen LogP contribution is 2.41. The molecule has 3 aromatic rings. The average Bonchev–Trinajstić information content (AvgIpc) is 3.43. The molecule has 2 aliphatic carbocycles. The number of ketones is 3. The standard InChI is InChI=1S/C15H14ClNOS.C12H14O2S/c1-9-3-5-12(19-9)15(2)8-7-11-10(14(15)18)4-6-13(16)17-11;1-8-3-4-11(15-8)12(2)6-5-9(13)7-10(12)14/h3-6H,7-8H2,1-2H3;3-4H,5-7H2,1-2H3. The fourth-order valence-corrected chi connectivity index (χ4v) is 6.86. The van der Waals surface area contributed by atoms with Crippen molar-refractivity contribution in [3.63, 3.8) is 0 Å². The normalized spacial score (nSPS) is 24.4. The average molecular weight is 514 g/mol. The van der Waals surface area contributed by atoms with Gasteiger partial charge in [-0.1, -0.05) is 11.6 Å². The van der Waals surface area contributed by atoms with E-state index < -0.39 is 10.8 Å². The first-order valence-electron chi connectivity index (χ1n) is 11.4. The summed E-state index contributed by atoms with van der Waals surface area (Å²) in [5.41, 5.74) is 0.737. The molecule has 4 nitrogen and oxygen atoms in total. The van der Waals surface area contributed by atoms with Gasteiger partial charge < -0.3 is 0 Å². The fourth-order valence-electron chi connectivity index (χ4n) is 4.60. The molecule has 2 aliphatic rings. The lowest BCUT2D eigenvalue weighted by Gasteiger charge is -2.32. The van der Waals surface area contributed by atoms with Crippen molar-refractivity contribution in [1.82, 2.24) is 4.98 Å². The Morgan fingerprint density at radius 2 is 1.41 bits per heavy atom. The third kappa shape index (κ3) is 4.68. The van der Waals surface area contributed by atoms with Gasteiger partial charge in [-0.15, -0.1) is 22.7 Å². The number of Topliss-reactive ketones (excluding diaryl/α,β-unsaturated/α-hetero) is 3. The number of aryl methyl sites for hydroxylation is 3. The number of thiophene rings is 2. The van der Waals surface area contributed by atoms with Crippen molar-refractivity contribution < 1.29 is 14.4 Å². The van der Waals surface area contributed by atoms with E-state index >= 15 is 0 Å². The molecule has 1 fully saturated rings. The Bertz CT molecular complexity index is 1280. The summed E-state index contributed by atoms with van der Waals surface area (Å²) in [4.78, 5) is 44.9. The van der Waals surface area contributed by atoms with Crippen LogP contribution in [0.4, 0.5) is 0 Å². The molecule has 0 amide bonds. The van der Waals surface area contributed by atoms with Crippen LogP contribution in [0.15, 0.2) is 36.4 Å². The lowest BCUT2D eigenvalue weighted by molar-refractivity contribution is -0.133. The first-order valence-corrected chi connectivity index (χ1v) is 13.4. The number of pyridine rings is 1. The minimum absolute atomic E-state index is 0.0839. The Balaban J connectivity index is 0.000000166. The summed E-state index contributed by atoms with van der Waals surface area (Å²) in [6, 6.07) is 11.7. The molecule has 0 radical (unpaired) electrons. The molecule has 7 heteroatoms. The van der Waals surface area contributed by atoms with E-state index in [0.29, 0.717) is 18.0 Å². The molecular weight excluding hydrogens is 486 g/mol. The highest BCUT2D eigenvalue weighted by Gasteiger charge is 2.42. The van der Waals surface area contributed by atoms with Gasteiger partial charge in [0.25, 0.3) is 0 Å². The number of carbonyl (C=O) groups excluding carboxylic acids is 3. The number of fused-ring (bicyclic) bond motifs is 1. The number of hydrogen-bond donors (Lipinski definition) is 0. The van der Waals surface area contributed by atoms with Gasteiger partial charge >= 0.3 is 0 Å². The zero-order valence-corrected chi connectivity index (χ0v) is 22.3. The van der Waals surface area contributed by atoms with Crippen molar-refractivity contribution in [2.45, 2.75) is 70.6 Å². The highest BCUT2D eigenvalue weighted by molar-refractivity contribution is 7.12. The number of nitrogens with zero attached hydrogens (tertiary/aromatic N) is 1. The van der Waals surface area contributed by atoms with Gasteiger partial charge in [-0.05, 0) is 83.4 Å². The number of aromatic nitrogens is 1. The van der Waals surface area contributed by atoms with E-state index in [-0.39, 0.29) is 23.8 Å². The van der Waals surface area contributed by atoms with E-state index in [1.165, 1.54) is 9.75 Å². The zero-order chi connectivity index (χ0) is 24.7. The van der Waals surface area contributed by atoms with Crippen LogP contribution >= 0.6 is 34.3 Å². The van der Waals surface area contributed by atoms with Gasteiger partial charge in [0.1, 0.15) is 10.9 Å². The summed E-state index contributed by atoms with van der Waals surface area (Å²) < 4.78 is 0. The van der Waals surface area contributed by atoms with Gasteiger partial charge in [0.05, 0.1) is 22.9 Å². The van der Waals surface area contributed by atoms with Gasteiger partial charge in [-0.3, -0.25) is 14.4 Å². The van der Waals surface area contributed by atoms with Crippen molar-refractivity contribution in [1.29, 1.82) is 0 Å². The molecule has 2 unspecified atom stereocenters. The van der Waals surface area contributed by atoms with Gasteiger partial charge in [-0.2, -0.15) is 0 Å². The second-order valence-electron chi connectivity index (χ2n) is 9.58. The summed E-state index contributed by atoms with van der Waals surface area (Å²) in [5.74, 6) is 0.339. The molecule has 0 spiro atoms. The van der Waals surface area contributed by atoms with Crippen LogP contribution in [-0.2, 0) is 26.8 Å². The molecule has 34 heavy (non-hydrogen) atoms. The van der Waals surface area contributed by atoms with Crippen LogP contribution in [0.25, 0.3) is 0 Å². The van der Waals surface area contributed by atoms with Crippen molar-refractivity contribution >= 4 is 51.6 Å². The Morgan fingerprint density at radius 3 is 1.97 bits per heavy atom. The largest absolute Gasteiger partial charge is 0.299 e. The summed E-state index contributed by atoms with van der Waals surface area (Å²) in [6.07, 6.45) is 2.93. The molecule has 2 atom stereocenters. The summed E-state index contributed by atoms with van der Waals surface area (Å²) in [7, 11) is 0. The Hall–Kier alpha value is -2.15. The number of rotatable bonds is 2. The molecule has 3 heterocycles. The van der Waals surface area contributed by atoms with Gasteiger partial charge in [-0.25, -0.2) is 4.98 Å². The topological polar surface area (TPSA) is 64.1 Å². The minimum atomic E-state index is -0.415. The monoisotopic (exact) mass is 513 g/mol. The lowest BCUT2D eigenvalue weighted by atomic mass is 9.72. The molecule has 178 valence electrons. The van der Waals surface area contributed by atoms with Crippen molar-refractivity contribution in [3.8, 4) is 0 Å². The quantitative estimate of drug-likeness (QED) is 0.278. The molecule has 0 aliphatic heterocycles. The van der Waals surface area contributed by atoms with Crippen LogP contribution < -0.4 is 0 Å². The lowest BCUT2D eigenvalue weighted by Crippen LogP contribution is -2.37. The van der Waals surface area contributed by atoms with Crippen LogP contribution in [-0.4, -0.2) is 22.3 Å². The smallest absolute Gasteiger partial charge is 0.175 e. The number of carbonyl (C=O) groups is 3. The minimum Gasteiger partial charge on any atom is -0.299 e. The molecular formula is C27H28ClNO3S2. The highest BCUT2D eigenvalue weighted by atomic mass is 35.5. The van der Waals surface area contributed by atoms with Crippen LogP contribution in [0.5, 0.6) is 0 Å². The zero-order valence-electron chi connectivity index (χ0n) is 19.9. The second kappa shape index (κ2) is 9.48. The Kier molecular flexibility index (Phi) is 6.96. The summed E-state index contributed by atoms with van der Waals surface area (Å²) in [5, 5.41) is 0.460. The molecule has 0 aromatic carbocycles. The van der Waals surface area contributed by atoms with Crippen molar-refractivity contribution in [2.24, 2.45) is 0 Å². The molecule has 0 N–H and O–H groups in total. The molecule has 0 saturated heterocycles. The Morgan fingerprint density at radius 1 is 0.824 bits per heavy atom. The molecule has 5 rings (SSSR count). The van der Waals surface area contributed by atoms with E-state index in [2.05, 4.69) is 24.0 Å². The van der Waals surface area contributed by atoms with Crippen molar-refractivity contribution in [2.75, 3.05) is 0 Å². The maximum Gasteiger partial charge on any atom is 0.175 e. The number of hydrogen-bond acceptors (Lipinski definition) is 6. The fraction of sp³-hybridized carbons (Fsp3) is 0.407. The van der Waals surface area contributed by atoms with Gasteiger partial charge in [0.2, 0.25) is 0 Å². The maximum absolute atomic E-state index is 12.8. The van der Waals surface area contributed by atoms with Crippen LogP contribution in [0.3, 0.4) is 0 Å². The summed E-state index contributed by atoms with van der Waals surface area (Å²) in [6.45, 7) is 8.11. The van der Waals surface area contributed by atoms with Crippen molar-refractivity contribution in [3.05, 3.63) is 72.3 Å². The van der Waals surface area contributed by atoms with E-state index in [4.69, 9.17) is 11.6 Å². The number of halogens is 1. The molecule has 1 saturated carbocycles.